The van der Waals surface area contributed by atoms with Crippen molar-refractivity contribution in [2.24, 2.45) is 0 Å². The van der Waals surface area contributed by atoms with Crippen LogP contribution >= 0.6 is 0 Å². The Morgan fingerprint density at radius 3 is 2.23 bits per heavy atom. The van der Waals surface area contributed by atoms with E-state index in [9.17, 15) is 13.2 Å². The van der Waals surface area contributed by atoms with E-state index in [1.54, 1.807) is 36.4 Å². The van der Waals surface area contributed by atoms with Gasteiger partial charge in [-0.3, -0.25) is 9.10 Å². The molecule has 0 atom stereocenters. The van der Waals surface area contributed by atoms with Crippen LogP contribution in [0.4, 0.5) is 11.4 Å². The van der Waals surface area contributed by atoms with Gasteiger partial charge in [0.2, 0.25) is 5.91 Å². The van der Waals surface area contributed by atoms with Gasteiger partial charge in [-0.05, 0) is 74.2 Å². The summed E-state index contributed by atoms with van der Waals surface area (Å²) in [4.78, 5) is 13.1. The molecule has 0 aromatic heterocycles. The van der Waals surface area contributed by atoms with E-state index in [0.29, 0.717) is 11.4 Å². The number of hydrogen-bond donors (Lipinski definition) is 1. The molecule has 0 saturated heterocycles. The summed E-state index contributed by atoms with van der Waals surface area (Å²) in [5.74, 6) is -0.394. The molecule has 0 aliphatic carbocycles. The first-order chi connectivity index (χ1) is 14.7. The standard InChI is InChI=1S/C25H28N2O3S/c1-5-21-8-6-7-9-24(21)26-25(28)17-27(22-13-12-19(3)20(4)16-22)31(29,30)23-14-10-18(2)11-15-23/h6-16H,5,17H2,1-4H3,(H,26,28). The summed E-state index contributed by atoms with van der Waals surface area (Å²) >= 11 is 0. The lowest BCUT2D eigenvalue weighted by Gasteiger charge is -2.25. The number of carbonyl (C=O) groups excluding carboxylic acids is 1. The van der Waals surface area contributed by atoms with Gasteiger partial charge in [0.1, 0.15) is 6.54 Å². The second-order valence-corrected chi connectivity index (χ2v) is 9.51. The Morgan fingerprint density at radius 2 is 1.58 bits per heavy atom. The van der Waals surface area contributed by atoms with Gasteiger partial charge in [0.25, 0.3) is 10.0 Å². The summed E-state index contributed by atoms with van der Waals surface area (Å²) in [6, 6.07) is 19.6. The number of nitrogens with zero attached hydrogens (tertiary/aromatic N) is 1. The number of anilines is 2. The molecule has 0 unspecified atom stereocenters. The molecule has 1 N–H and O–H groups in total. The number of aryl methyl sites for hydroxylation is 4. The Hall–Kier alpha value is -3.12. The van der Waals surface area contributed by atoms with Crippen LogP contribution < -0.4 is 9.62 Å². The molecule has 3 aromatic carbocycles. The van der Waals surface area contributed by atoms with Crippen molar-refractivity contribution in [1.29, 1.82) is 0 Å². The zero-order chi connectivity index (χ0) is 22.6. The zero-order valence-corrected chi connectivity index (χ0v) is 19.2. The average molecular weight is 437 g/mol. The van der Waals surface area contributed by atoms with E-state index in [0.717, 1.165) is 28.7 Å². The molecule has 0 saturated carbocycles. The van der Waals surface area contributed by atoms with Crippen LogP contribution in [0.15, 0.2) is 71.6 Å². The van der Waals surface area contributed by atoms with Crippen LogP contribution in [-0.4, -0.2) is 20.9 Å². The fraction of sp³-hybridized carbons (Fsp3) is 0.240. The largest absolute Gasteiger partial charge is 0.324 e. The van der Waals surface area contributed by atoms with Crippen LogP contribution in [0.5, 0.6) is 0 Å². The van der Waals surface area contributed by atoms with Crippen molar-refractivity contribution >= 4 is 27.3 Å². The SMILES string of the molecule is CCc1ccccc1NC(=O)CN(c1ccc(C)c(C)c1)S(=O)(=O)c1ccc(C)cc1. The fourth-order valence-electron chi connectivity index (χ4n) is 3.30. The van der Waals surface area contributed by atoms with Crippen molar-refractivity contribution in [2.45, 2.75) is 39.0 Å². The second kappa shape index (κ2) is 9.35. The predicted octanol–water partition coefficient (Wildman–Crippen LogP) is 5.01. The summed E-state index contributed by atoms with van der Waals surface area (Å²) in [6.07, 6.45) is 0.763. The molecule has 0 radical (unpaired) electrons. The Labute approximate surface area is 184 Å². The Morgan fingerprint density at radius 1 is 0.903 bits per heavy atom. The van der Waals surface area contributed by atoms with Crippen molar-refractivity contribution in [3.05, 3.63) is 89.0 Å². The normalized spacial score (nSPS) is 11.2. The minimum absolute atomic E-state index is 0.151. The third-order valence-electron chi connectivity index (χ3n) is 5.35. The van der Waals surface area contributed by atoms with E-state index in [-0.39, 0.29) is 11.4 Å². The summed E-state index contributed by atoms with van der Waals surface area (Å²) in [5, 5.41) is 2.88. The molecule has 0 bridgehead atoms. The highest BCUT2D eigenvalue weighted by atomic mass is 32.2. The number of para-hydroxylation sites is 1. The van der Waals surface area contributed by atoms with Crippen molar-refractivity contribution < 1.29 is 13.2 Å². The second-order valence-electron chi connectivity index (χ2n) is 7.65. The van der Waals surface area contributed by atoms with Crippen molar-refractivity contribution in [1.82, 2.24) is 0 Å². The van der Waals surface area contributed by atoms with Gasteiger partial charge in [0.05, 0.1) is 10.6 Å². The molecular weight excluding hydrogens is 408 g/mol. The fourth-order valence-corrected chi connectivity index (χ4v) is 4.72. The molecule has 0 heterocycles. The number of nitrogens with one attached hydrogen (secondary N) is 1. The molecule has 6 heteroatoms. The maximum Gasteiger partial charge on any atom is 0.264 e. The lowest BCUT2D eigenvalue weighted by molar-refractivity contribution is -0.114. The first-order valence-corrected chi connectivity index (χ1v) is 11.7. The minimum Gasteiger partial charge on any atom is -0.324 e. The van der Waals surface area contributed by atoms with Crippen molar-refractivity contribution in [3.8, 4) is 0 Å². The maximum absolute atomic E-state index is 13.5. The highest BCUT2D eigenvalue weighted by Gasteiger charge is 2.27. The minimum atomic E-state index is -3.93. The molecule has 0 fully saturated rings. The zero-order valence-electron chi connectivity index (χ0n) is 18.3. The van der Waals surface area contributed by atoms with Crippen LogP contribution in [0.1, 0.15) is 29.2 Å². The van der Waals surface area contributed by atoms with Gasteiger partial charge >= 0.3 is 0 Å². The van der Waals surface area contributed by atoms with Gasteiger partial charge in [-0.2, -0.15) is 0 Å². The van der Waals surface area contributed by atoms with Crippen LogP contribution in [-0.2, 0) is 21.2 Å². The predicted molar refractivity (Wildman–Crippen MR) is 126 cm³/mol. The summed E-state index contributed by atoms with van der Waals surface area (Å²) in [6.45, 7) is 7.47. The Bertz CT molecular complexity index is 1190. The van der Waals surface area contributed by atoms with Crippen LogP contribution in [0.2, 0.25) is 0 Å². The maximum atomic E-state index is 13.5. The summed E-state index contributed by atoms with van der Waals surface area (Å²) in [5.41, 5.74) is 5.13. The average Bonchev–Trinajstić information content (AvgIpc) is 2.74. The van der Waals surface area contributed by atoms with Gasteiger partial charge in [0.15, 0.2) is 0 Å². The highest BCUT2D eigenvalue weighted by molar-refractivity contribution is 7.92. The van der Waals surface area contributed by atoms with E-state index in [1.807, 2.05) is 58.0 Å². The van der Waals surface area contributed by atoms with Gasteiger partial charge in [0, 0.05) is 5.69 Å². The van der Waals surface area contributed by atoms with Crippen LogP contribution in [0.3, 0.4) is 0 Å². The van der Waals surface area contributed by atoms with E-state index in [4.69, 9.17) is 0 Å². The van der Waals surface area contributed by atoms with E-state index in [1.165, 1.54) is 4.31 Å². The third-order valence-corrected chi connectivity index (χ3v) is 7.14. The molecular formula is C25H28N2O3S. The van der Waals surface area contributed by atoms with E-state index < -0.39 is 15.9 Å². The number of sulfonamides is 1. The van der Waals surface area contributed by atoms with Gasteiger partial charge in [-0.1, -0.05) is 48.9 Å². The summed E-state index contributed by atoms with van der Waals surface area (Å²) in [7, 11) is -3.93. The number of carbonyl (C=O) groups is 1. The van der Waals surface area contributed by atoms with Crippen LogP contribution in [0, 0.1) is 20.8 Å². The number of hydrogen-bond acceptors (Lipinski definition) is 3. The topological polar surface area (TPSA) is 66.5 Å². The first-order valence-electron chi connectivity index (χ1n) is 10.3. The lowest BCUT2D eigenvalue weighted by Crippen LogP contribution is -2.38. The van der Waals surface area contributed by atoms with Gasteiger partial charge < -0.3 is 5.32 Å². The van der Waals surface area contributed by atoms with Crippen LogP contribution in [0.25, 0.3) is 0 Å². The molecule has 31 heavy (non-hydrogen) atoms. The highest BCUT2D eigenvalue weighted by Crippen LogP contribution is 2.26. The lowest BCUT2D eigenvalue weighted by atomic mass is 10.1. The van der Waals surface area contributed by atoms with Crippen molar-refractivity contribution in [2.75, 3.05) is 16.2 Å². The third kappa shape index (κ3) is 5.14. The van der Waals surface area contributed by atoms with E-state index in [2.05, 4.69) is 5.32 Å². The molecule has 3 aromatic rings. The number of benzene rings is 3. The smallest absolute Gasteiger partial charge is 0.264 e. The molecule has 0 spiro atoms. The van der Waals surface area contributed by atoms with Gasteiger partial charge in [-0.15, -0.1) is 0 Å². The van der Waals surface area contributed by atoms with E-state index >= 15 is 0 Å². The molecule has 1 amide bonds. The monoisotopic (exact) mass is 436 g/mol. The van der Waals surface area contributed by atoms with Gasteiger partial charge in [-0.25, -0.2) is 8.42 Å². The Balaban J connectivity index is 1.98. The molecule has 162 valence electrons. The molecule has 0 aliphatic heterocycles. The Kier molecular flexibility index (Phi) is 6.81. The molecule has 5 nitrogen and oxygen atoms in total. The van der Waals surface area contributed by atoms with Crippen molar-refractivity contribution in [3.63, 3.8) is 0 Å². The number of rotatable bonds is 7. The first kappa shape index (κ1) is 22.6. The quantitative estimate of drug-likeness (QED) is 0.566. The number of amides is 1. The molecule has 3 rings (SSSR count). The molecule has 0 aliphatic rings. The summed E-state index contributed by atoms with van der Waals surface area (Å²) < 4.78 is 28.2.